The average Bonchev–Trinajstić information content (AvgIpc) is 2.69. The molecular weight excluding hydrogens is 483 g/mol. The van der Waals surface area contributed by atoms with E-state index in [-0.39, 0.29) is 24.0 Å². The van der Waals surface area contributed by atoms with Crippen LogP contribution in [0.5, 0.6) is 17.2 Å². The zero-order valence-electron chi connectivity index (χ0n) is 18.6. The van der Waals surface area contributed by atoms with Crippen LogP contribution in [-0.4, -0.2) is 65.4 Å². The summed E-state index contributed by atoms with van der Waals surface area (Å²) in [5, 5.41) is 6.79. The van der Waals surface area contributed by atoms with Crippen molar-refractivity contribution in [3.63, 3.8) is 0 Å². The van der Waals surface area contributed by atoms with Crippen LogP contribution < -0.4 is 24.8 Å². The van der Waals surface area contributed by atoms with Gasteiger partial charge in [-0.25, -0.2) is 0 Å². The maximum Gasteiger partial charge on any atom is 0.203 e. The molecule has 1 atom stereocenters. The van der Waals surface area contributed by atoms with Crippen LogP contribution in [0.2, 0.25) is 0 Å². The van der Waals surface area contributed by atoms with E-state index in [2.05, 4.69) is 34.4 Å². The number of rotatable bonds is 8. The summed E-state index contributed by atoms with van der Waals surface area (Å²) in [7, 11) is 6.60. The first-order valence-corrected chi connectivity index (χ1v) is 10.0. The van der Waals surface area contributed by atoms with Gasteiger partial charge in [-0.3, -0.25) is 4.99 Å². The molecular formula is C21H37IN4O3. The second kappa shape index (κ2) is 13.0. The molecule has 0 saturated carbocycles. The van der Waals surface area contributed by atoms with Gasteiger partial charge in [0.05, 0.1) is 21.3 Å². The Balaban J connectivity index is 0.00000420. The van der Waals surface area contributed by atoms with Gasteiger partial charge < -0.3 is 29.7 Å². The summed E-state index contributed by atoms with van der Waals surface area (Å²) >= 11 is 0. The zero-order chi connectivity index (χ0) is 20.5. The fraction of sp³-hybridized carbons (Fsp3) is 0.667. The lowest BCUT2D eigenvalue weighted by atomic mass is 9.97. The van der Waals surface area contributed by atoms with E-state index in [1.165, 1.54) is 25.9 Å². The highest BCUT2D eigenvalue weighted by Gasteiger charge is 2.21. The molecule has 0 amide bonds. The van der Waals surface area contributed by atoms with Crippen molar-refractivity contribution in [2.75, 3.05) is 59.9 Å². The largest absolute Gasteiger partial charge is 0.493 e. The lowest BCUT2D eigenvalue weighted by molar-refractivity contribution is 0.159. The van der Waals surface area contributed by atoms with Crippen LogP contribution >= 0.6 is 24.0 Å². The monoisotopic (exact) mass is 520 g/mol. The summed E-state index contributed by atoms with van der Waals surface area (Å²) in [5.41, 5.74) is 0.827. The maximum absolute atomic E-state index is 5.42. The fourth-order valence-corrected chi connectivity index (χ4v) is 3.71. The zero-order valence-corrected chi connectivity index (χ0v) is 20.9. The first-order valence-electron chi connectivity index (χ1n) is 10.0. The predicted molar refractivity (Wildman–Crippen MR) is 130 cm³/mol. The molecule has 0 radical (unpaired) electrons. The molecule has 2 N–H and O–H groups in total. The molecule has 1 fully saturated rings. The fourth-order valence-electron chi connectivity index (χ4n) is 3.71. The Bertz CT molecular complexity index is 630. The molecule has 0 spiro atoms. The number of likely N-dealkylation sites (tertiary alicyclic amines) is 1. The number of ether oxygens (including phenoxy) is 3. The lowest BCUT2D eigenvalue weighted by Crippen LogP contribution is -2.43. The van der Waals surface area contributed by atoms with E-state index in [1.807, 2.05) is 12.1 Å². The maximum atomic E-state index is 5.42. The van der Waals surface area contributed by atoms with Crippen LogP contribution in [-0.2, 0) is 0 Å². The van der Waals surface area contributed by atoms with E-state index in [4.69, 9.17) is 14.2 Å². The van der Waals surface area contributed by atoms with Crippen LogP contribution in [0.4, 0.5) is 5.69 Å². The van der Waals surface area contributed by atoms with Crippen LogP contribution in [0.15, 0.2) is 17.1 Å². The van der Waals surface area contributed by atoms with Crippen molar-refractivity contribution in [1.29, 1.82) is 0 Å². The molecule has 0 aliphatic carbocycles. The predicted octanol–water partition coefficient (Wildman–Crippen LogP) is 3.69. The third-order valence-corrected chi connectivity index (χ3v) is 4.94. The highest BCUT2D eigenvalue weighted by atomic mass is 127. The van der Waals surface area contributed by atoms with Gasteiger partial charge in [-0.2, -0.15) is 0 Å². The number of guanidine groups is 1. The smallest absolute Gasteiger partial charge is 0.203 e. The number of aliphatic imine (C=N–C) groups is 1. The van der Waals surface area contributed by atoms with Gasteiger partial charge in [0.2, 0.25) is 5.75 Å². The van der Waals surface area contributed by atoms with Crippen molar-refractivity contribution in [1.82, 2.24) is 10.2 Å². The highest BCUT2D eigenvalue weighted by molar-refractivity contribution is 14.0. The molecule has 1 heterocycles. The second-order valence-corrected chi connectivity index (χ2v) is 7.65. The van der Waals surface area contributed by atoms with Gasteiger partial charge >= 0.3 is 0 Å². The summed E-state index contributed by atoms with van der Waals surface area (Å²) in [6.45, 7) is 9.00. The molecule has 29 heavy (non-hydrogen) atoms. The van der Waals surface area contributed by atoms with Gasteiger partial charge in [-0.1, -0.05) is 13.8 Å². The van der Waals surface area contributed by atoms with Crippen LogP contribution in [0.1, 0.15) is 26.7 Å². The minimum Gasteiger partial charge on any atom is -0.493 e. The van der Waals surface area contributed by atoms with E-state index in [9.17, 15) is 0 Å². The number of nitrogens with one attached hydrogen (secondary N) is 2. The van der Waals surface area contributed by atoms with Crippen molar-refractivity contribution in [3.8, 4) is 17.2 Å². The van der Waals surface area contributed by atoms with Gasteiger partial charge in [0.1, 0.15) is 0 Å². The topological polar surface area (TPSA) is 67.4 Å². The standard InChI is InChI=1S/C21H36N4O3.HI/c1-15(2)13-25-9-7-8-16(14-25)12-23-21(22-3)24-17-10-18(26-4)20(28-6)19(11-17)27-5;/h10-11,15-16H,7-9,12-14H2,1-6H3,(H2,22,23,24);1H. The average molecular weight is 520 g/mol. The molecule has 1 aliphatic heterocycles. The summed E-state index contributed by atoms with van der Waals surface area (Å²) in [4.78, 5) is 6.94. The summed E-state index contributed by atoms with van der Waals surface area (Å²) in [6.07, 6.45) is 2.51. The minimum absolute atomic E-state index is 0. The molecule has 1 aliphatic rings. The van der Waals surface area contributed by atoms with E-state index in [1.54, 1.807) is 28.4 Å². The molecule has 1 saturated heterocycles. The number of anilines is 1. The SMILES string of the molecule is CN=C(NCC1CCCN(CC(C)C)C1)Nc1cc(OC)c(OC)c(OC)c1.I. The number of hydrogen-bond acceptors (Lipinski definition) is 5. The Kier molecular flexibility index (Phi) is 11.5. The third-order valence-electron chi connectivity index (χ3n) is 4.94. The Morgan fingerprint density at radius 1 is 1.17 bits per heavy atom. The van der Waals surface area contributed by atoms with Gasteiger partial charge in [0.15, 0.2) is 17.5 Å². The van der Waals surface area contributed by atoms with Crippen LogP contribution in [0, 0.1) is 11.8 Å². The van der Waals surface area contributed by atoms with Crippen molar-refractivity contribution >= 4 is 35.6 Å². The molecule has 1 aromatic rings. The van der Waals surface area contributed by atoms with E-state index >= 15 is 0 Å². The molecule has 166 valence electrons. The van der Waals surface area contributed by atoms with Gasteiger partial charge in [0.25, 0.3) is 0 Å². The number of hydrogen-bond donors (Lipinski definition) is 2. The third kappa shape index (κ3) is 7.73. The van der Waals surface area contributed by atoms with Crippen molar-refractivity contribution in [2.45, 2.75) is 26.7 Å². The van der Waals surface area contributed by atoms with Crippen molar-refractivity contribution < 1.29 is 14.2 Å². The minimum atomic E-state index is 0. The highest BCUT2D eigenvalue weighted by Crippen LogP contribution is 2.39. The second-order valence-electron chi connectivity index (χ2n) is 7.65. The first-order chi connectivity index (χ1) is 13.5. The number of piperidine rings is 1. The van der Waals surface area contributed by atoms with E-state index in [0.717, 1.165) is 24.7 Å². The molecule has 0 bridgehead atoms. The number of methoxy groups -OCH3 is 3. The van der Waals surface area contributed by atoms with Gasteiger partial charge in [-0.15, -0.1) is 24.0 Å². The Labute approximate surface area is 192 Å². The van der Waals surface area contributed by atoms with Gasteiger partial charge in [-0.05, 0) is 31.2 Å². The Morgan fingerprint density at radius 3 is 2.34 bits per heavy atom. The lowest BCUT2D eigenvalue weighted by Gasteiger charge is -2.34. The van der Waals surface area contributed by atoms with E-state index in [0.29, 0.717) is 29.1 Å². The molecule has 7 nitrogen and oxygen atoms in total. The Morgan fingerprint density at radius 2 is 1.83 bits per heavy atom. The van der Waals surface area contributed by atoms with Crippen LogP contribution in [0.3, 0.4) is 0 Å². The summed E-state index contributed by atoms with van der Waals surface area (Å²) < 4.78 is 16.2. The normalized spacial score (nSPS) is 17.5. The van der Waals surface area contributed by atoms with Crippen molar-refractivity contribution in [2.24, 2.45) is 16.8 Å². The molecule has 1 unspecified atom stereocenters. The summed E-state index contributed by atoms with van der Waals surface area (Å²) in [5.74, 6) is 3.86. The van der Waals surface area contributed by atoms with Crippen LogP contribution in [0.25, 0.3) is 0 Å². The summed E-state index contributed by atoms with van der Waals surface area (Å²) in [6, 6.07) is 3.75. The van der Waals surface area contributed by atoms with Gasteiger partial charge in [0, 0.05) is 44.5 Å². The van der Waals surface area contributed by atoms with E-state index < -0.39 is 0 Å². The molecule has 1 aromatic carbocycles. The number of benzene rings is 1. The van der Waals surface area contributed by atoms with Crippen molar-refractivity contribution in [3.05, 3.63) is 12.1 Å². The Hall–Kier alpha value is -1.42. The quantitative estimate of drug-likeness (QED) is 0.310. The first kappa shape index (κ1) is 25.6. The molecule has 2 rings (SSSR count). The molecule has 0 aromatic heterocycles. The molecule has 8 heteroatoms. The number of halogens is 1. The number of nitrogens with zero attached hydrogens (tertiary/aromatic N) is 2.